The topological polar surface area (TPSA) is 105 Å². The van der Waals surface area contributed by atoms with Crippen LogP contribution in [0.25, 0.3) is 0 Å². The quantitative estimate of drug-likeness (QED) is 0.422. The van der Waals surface area contributed by atoms with Gasteiger partial charge in [-0.15, -0.1) is 0 Å². The van der Waals surface area contributed by atoms with Crippen LogP contribution in [0.15, 0.2) is 42.5 Å². The molecule has 2 aromatic rings. The zero-order valence-electron chi connectivity index (χ0n) is 20.5. The van der Waals surface area contributed by atoms with Gasteiger partial charge >= 0.3 is 0 Å². The van der Waals surface area contributed by atoms with Gasteiger partial charge in [0.1, 0.15) is 26.8 Å². The molecule has 38 heavy (non-hydrogen) atoms. The van der Waals surface area contributed by atoms with Crippen molar-refractivity contribution < 1.29 is 28.7 Å². The highest BCUT2D eigenvalue weighted by Gasteiger charge is 2.59. The Balaban J connectivity index is 1.31. The van der Waals surface area contributed by atoms with Gasteiger partial charge in [-0.05, 0) is 29.1 Å². The number of piperidine rings is 1. The van der Waals surface area contributed by atoms with Crippen molar-refractivity contribution in [1.29, 1.82) is 0 Å². The molecule has 2 saturated heterocycles. The van der Waals surface area contributed by atoms with Crippen LogP contribution in [-0.2, 0) is 38.8 Å². The first-order valence-electron chi connectivity index (χ1n) is 12.0. The average molecular weight is 503 g/mol. The Morgan fingerprint density at radius 3 is 2.45 bits per heavy atom. The lowest BCUT2D eigenvalue weighted by atomic mass is 9.31. The molecule has 0 aliphatic carbocycles. The molecule has 2 atom stereocenters. The fourth-order valence-corrected chi connectivity index (χ4v) is 4.86. The van der Waals surface area contributed by atoms with Gasteiger partial charge in [-0.3, -0.25) is 24.5 Å². The van der Waals surface area contributed by atoms with Crippen molar-refractivity contribution in [2.75, 3.05) is 19.8 Å². The number of imide groups is 1. The molecular formula is C25H21B4N3O6. The summed E-state index contributed by atoms with van der Waals surface area (Å²) in [5.41, 5.74) is 0.334. The molecule has 184 valence electrons. The molecule has 4 amide bonds. The third-order valence-electron chi connectivity index (χ3n) is 7.27. The molecule has 13 heteroatoms. The molecule has 3 heterocycles. The maximum absolute atomic E-state index is 13.3. The summed E-state index contributed by atoms with van der Waals surface area (Å²) >= 11 is 0. The van der Waals surface area contributed by atoms with E-state index in [0.29, 0.717) is 31.0 Å². The number of amides is 4. The minimum Gasteiger partial charge on any atom is -0.489 e. The van der Waals surface area contributed by atoms with Crippen molar-refractivity contribution in [3.05, 3.63) is 64.7 Å². The number of carbonyl (C=O) groups excluding carboxylic acids is 4. The molecule has 9 nitrogen and oxygen atoms in total. The first-order valence-corrected chi connectivity index (χ1v) is 12.0. The van der Waals surface area contributed by atoms with Crippen LogP contribution >= 0.6 is 0 Å². The van der Waals surface area contributed by atoms with Crippen molar-refractivity contribution in [2.24, 2.45) is 0 Å². The molecule has 5 rings (SSSR count). The van der Waals surface area contributed by atoms with Gasteiger partial charge in [-0.1, -0.05) is 35.5 Å². The van der Waals surface area contributed by atoms with Gasteiger partial charge in [-0.25, -0.2) is 0 Å². The Kier molecular flexibility index (Phi) is 6.67. The number of rotatable bonds is 6. The normalized spacial score (nSPS) is 24.8. The van der Waals surface area contributed by atoms with E-state index in [0.717, 1.165) is 16.0 Å². The number of ether oxygens (including phenoxy) is 2. The molecule has 1 N–H and O–H groups in total. The van der Waals surface area contributed by atoms with Crippen molar-refractivity contribution in [3.63, 3.8) is 0 Å². The van der Waals surface area contributed by atoms with Gasteiger partial charge < -0.3 is 19.3 Å². The molecule has 8 radical (unpaired) electrons. The summed E-state index contributed by atoms with van der Waals surface area (Å²) < 4.78 is 11.2. The first kappa shape index (κ1) is 26.2. The standard InChI is InChI=1S/C25H21B4N3O6/c26-20-21(34)30-23(36)25(29,24(20,27)28)32-11-17-16(22(32)35)2-1-3-18(17)38-12-15-6-4-14(5-7-15)10-31-8-9-37-13-19(31)33/h1-7,20H,8-13H2,(H,30,34,36). The molecule has 3 aliphatic rings. The van der Waals surface area contributed by atoms with E-state index in [-0.39, 0.29) is 31.2 Å². The molecular weight excluding hydrogens is 482 g/mol. The third-order valence-corrected chi connectivity index (χ3v) is 7.27. The highest BCUT2D eigenvalue weighted by molar-refractivity contribution is 6.57. The van der Waals surface area contributed by atoms with Gasteiger partial charge in [0.2, 0.25) is 17.7 Å². The van der Waals surface area contributed by atoms with Crippen molar-refractivity contribution in [3.8, 4) is 5.75 Å². The van der Waals surface area contributed by atoms with Gasteiger partial charge in [0, 0.05) is 24.2 Å². The molecule has 2 unspecified atom stereocenters. The van der Waals surface area contributed by atoms with E-state index in [2.05, 4.69) is 5.32 Å². The van der Waals surface area contributed by atoms with Crippen LogP contribution in [0.1, 0.15) is 27.0 Å². The Hall–Kier alpha value is -3.46. The zero-order valence-corrected chi connectivity index (χ0v) is 20.5. The Morgan fingerprint density at radius 2 is 1.74 bits per heavy atom. The summed E-state index contributed by atoms with van der Waals surface area (Å²) in [6.45, 7) is 1.76. The van der Waals surface area contributed by atoms with Gasteiger partial charge in [0.15, 0.2) is 0 Å². The molecule has 2 aromatic carbocycles. The smallest absolute Gasteiger partial charge is 0.254 e. The summed E-state index contributed by atoms with van der Waals surface area (Å²) in [5.74, 6) is -3.63. The van der Waals surface area contributed by atoms with E-state index in [1.54, 1.807) is 23.1 Å². The first-order chi connectivity index (χ1) is 18.0. The minimum atomic E-state index is -2.29. The number of hydrogen-bond donors (Lipinski definition) is 1. The fourth-order valence-electron chi connectivity index (χ4n) is 4.86. The largest absolute Gasteiger partial charge is 0.489 e. The average Bonchev–Trinajstić information content (AvgIpc) is 3.25. The van der Waals surface area contributed by atoms with Crippen LogP contribution in [0, 0.1) is 0 Å². The van der Waals surface area contributed by atoms with Gasteiger partial charge in [0.05, 0.1) is 42.1 Å². The zero-order chi connectivity index (χ0) is 27.2. The number of benzene rings is 2. The maximum Gasteiger partial charge on any atom is 0.254 e. The molecule has 0 bridgehead atoms. The van der Waals surface area contributed by atoms with Crippen LogP contribution in [0.4, 0.5) is 0 Å². The lowest BCUT2D eigenvalue weighted by Gasteiger charge is -2.55. The number of fused-ring (bicyclic) bond motifs is 1. The van der Waals surface area contributed by atoms with Crippen LogP contribution in [0.3, 0.4) is 0 Å². The van der Waals surface area contributed by atoms with E-state index < -0.39 is 34.2 Å². The van der Waals surface area contributed by atoms with E-state index in [1.165, 1.54) is 0 Å². The van der Waals surface area contributed by atoms with Crippen LogP contribution < -0.4 is 10.1 Å². The SMILES string of the molecule is [B]C1C(=O)NC(=O)C([B])(N2Cc3c(OCc4ccc(CN5CCOCC5=O)cc4)cccc3C2=O)C1([B])[B]. The Bertz CT molecular complexity index is 1320. The minimum absolute atomic E-state index is 0.0368. The molecule has 0 saturated carbocycles. The second kappa shape index (κ2) is 9.69. The van der Waals surface area contributed by atoms with Crippen LogP contribution in [0.2, 0.25) is 11.0 Å². The van der Waals surface area contributed by atoms with Gasteiger partial charge in [-0.2, -0.15) is 0 Å². The summed E-state index contributed by atoms with van der Waals surface area (Å²) in [7, 11) is 24.4. The van der Waals surface area contributed by atoms with E-state index in [9.17, 15) is 19.2 Å². The Morgan fingerprint density at radius 1 is 1.03 bits per heavy atom. The lowest BCUT2D eigenvalue weighted by Crippen LogP contribution is -2.72. The Labute approximate surface area is 225 Å². The number of nitrogens with one attached hydrogen (secondary N) is 1. The summed E-state index contributed by atoms with van der Waals surface area (Å²) in [4.78, 5) is 52.9. The van der Waals surface area contributed by atoms with E-state index in [4.69, 9.17) is 40.9 Å². The highest BCUT2D eigenvalue weighted by Crippen LogP contribution is 2.49. The van der Waals surface area contributed by atoms with Crippen molar-refractivity contribution in [1.82, 2.24) is 15.1 Å². The maximum atomic E-state index is 13.3. The highest BCUT2D eigenvalue weighted by atomic mass is 16.5. The molecule has 0 aromatic heterocycles. The van der Waals surface area contributed by atoms with Gasteiger partial charge in [0.25, 0.3) is 5.91 Å². The monoisotopic (exact) mass is 503 g/mol. The number of morpholine rings is 1. The van der Waals surface area contributed by atoms with Crippen molar-refractivity contribution >= 4 is 55.0 Å². The number of hydrogen-bond acceptors (Lipinski definition) is 6. The van der Waals surface area contributed by atoms with E-state index >= 15 is 0 Å². The second-order valence-electron chi connectivity index (χ2n) is 9.64. The molecule has 3 aliphatic heterocycles. The lowest BCUT2D eigenvalue weighted by molar-refractivity contribution is -0.143. The summed E-state index contributed by atoms with van der Waals surface area (Å²) in [5, 5.41) is -0.171. The molecule has 2 fully saturated rings. The number of nitrogens with zero attached hydrogens (tertiary/aromatic N) is 2. The second-order valence-corrected chi connectivity index (χ2v) is 9.64. The predicted octanol–water partition coefficient (Wildman–Crippen LogP) is -0.488. The summed E-state index contributed by atoms with van der Waals surface area (Å²) in [6.07, 6.45) is 0. The number of carbonyl (C=O) groups is 4. The molecule has 0 spiro atoms. The van der Waals surface area contributed by atoms with Crippen LogP contribution in [-0.4, -0.2) is 90.0 Å². The third kappa shape index (κ3) is 4.22. The fraction of sp³-hybridized carbons (Fsp3) is 0.360. The predicted molar refractivity (Wildman–Crippen MR) is 139 cm³/mol. The van der Waals surface area contributed by atoms with Crippen molar-refractivity contribution in [2.45, 2.75) is 36.2 Å². The summed E-state index contributed by atoms with van der Waals surface area (Å²) in [6, 6.07) is 12.6. The van der Waals surface area contributed by atoms with E-state index in [1.807, 2.05) is 24.3 Å². The van der Waals surface area contributed by atoms with Crippen LogP contribution in [0.5, 0.6) is 5.75 Å².